The van der Waals surface area contributed by atoms with Gasteiger partial charge in [0, 0.05) is 43.5 Å². The maximum Gasteiger partial charge on any atom is 0.139 e. The number of hydrogen-bond donors (Lipinski definition) is 1. The van der Waals surface area contributed by atoms with Gasteiger partial charge < -0.3 is 19.5 Å². The van der Waals surface area contributed by atoms with Crippen molar-refractivity contribution in [1.29, 1.82) is 0 Å². The monoisotopic (exact) mass is 402 g/mol. The van der Waals surface area contributed by atoms with Gasteiger partial charge in [-0.1, -0.05) is 23.7 Å². The summed E-state index contributed by atoms with van der Waals surface area (Å²) in [6, 6.07) is 14.7. The molecule has 150 valence electrons. The maximum atomic E-state index is 10.6. The zero-order valence-electron chi connectivity index (χ0n) is 16.3. The standard InChI is InChI=1S/C22H27ClN2O3/c1-27-19-5-3-4-15(10-19)21-13-18(26)11-17-14-24(8-9-25(17)21)16-6-7-20(23)22(12-16)28-2/h3-7,10,12,17-18,21,26H,8-9,11,13-14H2,1-2H3/t17-,18?,21-/m1/s1. The summed E-state index contributed by atoms with van der Waals surface area (Å²) in [7, 11) is 3.33. The highest BCUT2D eigenvalue weighted by Crippen LogP contribution is 2.39. The zero-order valence-corrected chi connectivity index (χ0v) is 17.1. The molecule has 2 fully saturated rings. The van der Waals surface area contributed by atoms with E-state index in [1.54, 1.807) is 14.2 Å². The summed E-state index contributed by atoms with van der Waals surface area (Å²) in [6.07, 6.45) is 1.26. The number of fused-ring (bicyclic) bond motifs is 1. The number of halogens is 1. The third kappa shape index (κ3) is 3.79. The number of piperazine rings is 1. The third-order valence-corrected chi connectivity index (χ3v) is 6.26. The molecule has 4 rings (SSSR count). The van der Waals surface area contributed by atoms with Crippen LogP contribution in [0.2, 0.25) is 5.02 Å². The highest BCUT2D eigenvalue weighted by atomic mass is 35.5. The summed E-state index contributed by atoms with van der Waals surface area (Å²) in [5.74, 6) is 1.56. The summed E-state index contributed by atoms with van der Waals surface area (Å²) in [6.45, 7) is 2.75. The molecule has 28 heavy (non-hydrogen) atoms. The van der Waals surface area contributed by atoms with Crippen molar-refractivity contribution in [2.75, 3.05) is 38.8 Å². The van der Waals surface area contributed by atoms with Crippen LogP contribution in [-0.2, 0) is 0 Å². The molecule has 2 aromatic rings. The summed E-state index contributed by atoms with van der Waals surface area (Å²) in [5.41, 5.74) is 2.32. The summed E-state index contributed by atoms with van der Waals surface area (Å²) in [4.78, 5) is 4.91. The number of anilines is 1. The van der Waals surface area contributed by atoms with Gasteiger partial charge in [0.25, 0.3) is 0 Å². The minimum absolute atomic E-state index is 0.214. The Labute approximate surface area is 171 Å². The van der Waals surface area contributed by atoms with Crippen LogP contribution in [0.3, 0.4) is 0 Å². The van der Waals surface area contributed by atoms with Gasteiger partial charge in [0.15, 0.2) is 0 Å². The minimum Gasteiger partial charge on any atom is -0.497 e. The molecule has 0 bridgehead atoms. The smallest absolute Gasteiger partial charge is 0.139 e. The van der Waals surface area contributed by atoms with E-state index in [0.29, 0.717) is 16.8 Å². The molecule has 2 aliphatic heterocycles. The Morgan fingerprint density at radius 2 is 1.89 bits per heavy atom. The SMILES string of the molecule is COc1cccc([C@H]2CC(O)C[C@@H]3CN(c4ccc(Cl)c(OC)c4)CCN32)c1. The molecule has 0 spiro atoms. The number of rotatable bonds is 4. The van der Waals surface area contributed by atoms with Crippen LogP contribution in [0.15, 0.2) is 42.5 Å². The maximum absolute atomic E-state index is 10.6. The predicted octanol–water partition coefficient (Wildman–Crippen LogP) is 3.74. The van der Waals surface area contributed by atoms with Crippen LogP contribution in [0.5, 0.6) is 11.5 Å². The number of hydrogen-bond acceptors (Lipinski definition) is 5. The second kappa shape index (κ2) is 8.19. The fourth-order valence-electron chi connectivity index (χ4n) is 4.55. The van der Waals surface area contributed by atoms with Gasteiger partial charge in [0.05, 0.1) is 25.3 Å². The van der Waals surface area contributed by atoms with Crippen LogP contribution >= 0.6 is 11.6 Å². The number of ether oxygens (including phenoxy) is 2. The van der Waals surface area contributed by atoms with Crippen LogP contribution in [-0.4, -0.2) is 56.0 Å². The van der Waals surface area contributed by atoms with Crippen LogP contribution in [0.4, 0.5) is 5.69 Å². The molecule has 1 N–H and O–H groups in total. The Bertz CT molecular complexity index is 831. The van der Waals surface area contributed by atoms with E-state index in [9.17, 15) is 5.11 Å². The lowest BCUT2D eigenvalue weighted by atomic mass is 9.87. The average Bonchev–Trinajstić information content (AvgIpc) is 2.73. The highest BCUT2D eigenvalue weighted by Gasteiger charge is 2.39. The number of nitrogens with zero attached hydrogens (tertiary/aromatic N) is 2. The molecule has 0 aromatic heterocycles. The van der Waals surface area contributed by atoms with Crippen molar-refractivity contribution in [1.82, 2.24) is 4.90 Å². The van der Waals surface area contributed by atoms with Gasteiger partial charge in [-0.15, -0.1) is 0 Å². The van der Waals surface area contributed by atoms with E-state index in [-0.39, 0.29) is 12.1 Å². The first-order valence-corrected chi connectivity index (χ1v) is 10.1. The van der Waals surface area contributed by atoms with E-state index in [4.69, 9.17) is 21.1 Å². The van der Waals surface area contributed by atoms with Crippen LogP contribution in [0.25, 0.3) is 0 Å². The minimum atomic E-state index is -0.294. The third-order valence-electron chi connectivity index (χ3n) is 5.95. The van der Waals surface area contributed by atoms with Crippen LogP contribution in [0.1, 0.15) is 24.4 Å². The number of benzene rings is 2. The molecule has 2 saturated heterocycles. The summed E-state index contributed by atoms with van der Waals surface area (Å²) >= 11 is 6.18. The lowest BCUT2D eigenvalue weighted by Crippen LogP contribution is -2.58. The number of piperidine rings is 1. The lowest BCUT2D eigenvalue weighted by molar-refractivity contribution is -0.00605. The number of aliphatic hydroxyl groups is 1. The summed E-state index contributed by atoms with van der Waals surface area (Å²) < 4.78 is 10.8. The first-order valence-electron chi connectivity index (χ1n) is 9.75. The van der Waals surface area contributed by atoms with Gasteiger partial charge >= 0.3 is 0 Å². The zero-order chi connectivity index (χ0) is 19.7. The molecular formula is C22H27ClN2O3. The topological polar surface area (TPSA) is 45.2 Å². The Morgan fingerprint density at radius 1 is 1.04 bits per heavy atom. The highest BCUT2D eigenvalue weighted by molar-refractivity contribution is 6.32. The summed E-state index contributed by atoms with van der Waals surface area (Å²) in [5, 5.41) is 11.2. The predicted molar refractivity (Wildman–Crippen MR) is 112 cm³/mol. The van der Waals surface area contributed by atoms with Gasteiger partial charge in [0.2, 0.25) is 0 Å². The lowest BCUT2D eigenvalue weighted by Gasteiger charge is -2.50. The fraction of sp³-hybridized carbons (Fsp3) is 0.455. The van der Waals surface area contributed by atoms with Crippen LogP contribution in [0, 0.1) is 0 Å². The van der Waals surface area contributed by atoms with E-state index < -0.39 is 0 Å². The molecule has 2 heterocycles. The normalized spacial score (nSPS) is 25.3. The van der Waals surface area contributed by atoms with Crippen molar-refractivity contribution >= 4 is 17.3 Å². The van der Waals surface area contributed by atoms with Gasteiger partial charge in [-0.3, -0.25) is 4.90 Å². The fourth-order valence-corrected chi connectivity index (χ4v) is 4.74. The Morgan fingerprint density at radius 3 is 2.68 bits per heavy atom. The second-order valence-corrected chi connectivity index (χ2v) is 7.98. The van der Waals surface area contributed by atoms with Gasteiger partial charge in [0.1, 0.15) is 11.5 Å². The molecular weight excluding hydrogens is 376 g/mol. The van der Waals surface area contributed by atoms with E-state index in [1.165, 1.54) is 5.56 Å². The molecule has 2 aromatic carbocycles. The molecule has 1 unspecified atom stereocenters. The molecule has 3 atom stereocenters. The van der Waals surface area contributed by atoms with Crippen molar-refractivity contribution in [3.63, 3.8) is 0 Å². The Balaban J connectivity index is 1.55. The first kappa shape index (κ1) is 19.4. The largest absolute Gasteiger partial charge is 0.497 e. The molecule has 0 amide bonds. The second-order valence-electron chi connectivity index (χ2n) is 7.57. The van der Waals surface area contributed by atoms with Crippen molar-refractivity contribution in [2.45, 2.75) is 31.0 Å². The van der Waals surface area contributed by atoms with E-state index >= 15 is 0 Å². The molecule has 6 heteroatoms. The van der Waals surface area contributed by atoms with E-state index in [0.717, 1.165) is 43.9 Å². The van der Waals surface area contributed by atoms with Crippen LogP contribution < -0.4 is 14.4 Å². The van der Waals surface area contributed by atoms with Crippen molar-refractivity contribution in [3.8, 4) is 11.5 Å². The quantitative estimate of drug-likeness (QED) is 0.843. The van der Waals surface area contributed by atoms with Crippen molar-refractivity contribution < 1.29 is 14.6 Å². The van der Waals surface area contributed by atoms with Crippen molar-refractivity contribution in [3.05, 3.63) is 53.1 Å². The number of methoxy groups -OCH3 is 2. The van der Waals surface area contributed by atoms with E-state index in [2.05, 4.69) is 21.9 Å². The van der Waals surface area contributed by atoms with Gasteiger partial charge in [-0.2, -0.15) is 0 Å². The van der Waals surface area contributed by atoms with Gasteiger partial charge in [-0.25, -0.2) is 0 Å². The molecule has 2 aliphatic rings. The Hall–Kier alpha value is -1.95. The molecule has 0 radical (unpaired) electrons. The number of aliphatic hydroxyl groups excluding tert-OH is 1. The first-order chi connectivity index (χ1) is 13.6. The van der Waals surface area contributed by atoms with Crippen molar-refractivity contribution in [2.24, 2.45) is 0 Å². The Kier molecular flexibility index (Phi) is 5.67. The molecule has 5 nitrogen and oxygen atoms in total. The van der Waals surface area contributed by atoms with E-state index in [1.807, 2.05) is 30.3 Å². The molecule has 0 saturated carbocycles. The average molecular weight is 403 g/mol. The molecule has 0 aliphatic carbocycles. The van der Waals surface area contributed by atoms with Gasteiger partial charge in [-0.05, 0) is 42.7 Å².